The van der Waals surface area contributed by atoms with E-state index in [0.29, 0.717) is 5.56 Å². The minimum atomic E-state index is -1.51. The van der Waals surface area contributed by atoms with Gasteiger partial charge in [0, 0.05) is 19.3 Å². The number of carbonyl (C=O) groups excluding carboxylic acids is 4. The molecule has 0 fully saturated rings. The van der Waals surface area contributed by atoms with Crippen LogP contribution in [0.15, 0.2) is 18.2 Å². The highest BCUT2D eigenvalue weighted by Gasteiger charge is 2.36. The van der Waals surface area contributed by atoms with E-state index in [2.05, 4.69) is 0 Å². The van der Waals surface area contributed by atoms with Gasteiger partial charge in [0.15, 0.2) is 11.5 Å². The Morgan fingerprint density at radius 3 is 1.86 bits per heavy atom. The molecular formula is C27H41NO8. The van der Waals surface area contributed by atoms with E-state index in [0.717, 1.165) is 0 Å². The molecule has 1 aromatic carbocycles. The Kier molecular flexibility index (Phi) is 10.7. The SMILES string of the molecule is COC(=O)[C@@](N)(CCOC(=O)CC(C)C)Cc1ccc(OC(=O)C(C)(C)C)c(OC(=O)C(C)(C)C)c1. The highest BCUT2D eigenvalue weighted by Crippen LogP contribution is 2.33. The summed E-state index contributed by atoms with van der Waals surface area (Å²) >= 11 is 0. The molecular weight excluding hydrogens is 466 g/mol. The molecule has 0 unspecified atom stereocenters. The molecule has 202 valence electrons. The molecule has 9 nitrogen and oxygen atoms in total. The van der Waals surface area contributed by atoms with Crippen LogP contribution >= 0.6 is 0 Å². The Morgan fingerprint density at radius 1 is 0.861 bits per heavy atom. The average Bonchev–Trinajstić information content (AvgIpc) is 2.72. The maximum atomic E-state index is 12.6. The van der Waals surface area contributed by atoms with E-state index < -0.39 is 34.3 Å². The van der Waals surface area contributed by atoms with Crippen LogP contribution in [-0.4, -0.2) is 43.1 Å². The second-order valence-electron chi connectivity index (χ2n) is 11.5. The number of nitrogens with two attached hydrogens (primary N) is 1. The van der Waals surface area contributed by atoms with Crippen LogP contribution in [0.4, 0.5) is 0 Å². The molecule has 0 aliphatic rings. The van der Waals surface area contributed by atoms with Crippen LogP contribution in [0.25, 0.3) is 0 Å². The summed E-state index contributed by atoms with van der Waals surface area (Å²) in [6.07, 6.45) is 0.267. The van der Waals surface area contributed by atoms with E-state index in [1.165, 1.54) is 19.2 Å². The quantitative estimate of drug-likeness (QED) is 0.369. The number of benzene rings is 1. The van der Waals surface area contributed by atoms with Crippen molar-refractivity contribution in [2.45, 2.75) is 80.2 Å². The van der Waals surface area contributed by atoms with E-state index in [9.17, 15) is 19.2 Å². The van der Waals surface area contributed by atoms with Crippen LogP contribution in [0.1, 0.15) is 73.8 Å². The predicted molar refractivity (Wildman–Crippen MR) is 134 cm³/mol. The van der Waals surface area contributed by atoms with Crippen LogP contribution in [0.3, 0.4) is 0 Å². The van der Waals surface area contributed by atoms with Gasteiger partial charge in [0.05, 0.1) is 24.5 Å². The van der Waals surface area contributed by atoms with Crippen molar-refractivity contribution in [2.75, 3.05) is 13.7 Å². The number of esters is 4. The standard InChI is InChI=1S/C27H41NO8/c1-17(2)14-21(29)34-13-12-27(28,24(32)33-9)16-18-10-11-19(35-22(30)25(3,4)5)20(15-18)36-23(31)26(6,7)8/h10-11,15,17H,12-14,16,28H2,1-9H3/t27-/m1/s1. The Balaban J connectivity index is 3.25. The van der Waals surface area contributed by atoms with E-state index in [-0.39, 0.29) is 49.3 Å². The minimum Gasteiger partial charge on any atom is -0.468 e. The molecule has 0 aromatic heterocycles. The highest BCUT2D eigenvalue weighted by atomic mass is 16.6. The summed E-state index contributed by atoms with van der Waals surface area (Å²) in [4.78, 5) is 49.5. The lowest BCUT2D eigenvalue weighted by Gasteiger charge is -2.27. The third kappa shape index (κ3) is 9.60. The summed E-state index contributed by atoms with van der Waals surface area (Å²) in [6, 6.07) is 4.61. The third-order valence-corrected chi connectivity index (χ3v) is 5.14. The van der Waals surface area contributed by atoms with Gasteiger partial charge in [0.2, 0.25) is 0 Å². The van der Waals surface area contributed by atoms with Gasteiger partial charge < -0.3 is 24.7 Å². The van der Waals surface area contributed by atoms with Crippen LogP contribution in [0.5, 0.6) is 11.5 Å². The van der Waals surface area contributed by atoms with Gasteiger partial charge in [0.1, 0.15) is 5.54 Å². The molecule has 9 heteroatoms. The van der Waals surface area contributed by atoms with Crippen LogP contribution in [0.2, 0.25) is 0 Å². The van der Waals surface area contributed by atoms with Crippen molar-refractivity contribution in [1.82, 2.24) is 0 Å². The van der Waals surface area contributed by atoms with Gasteiger partial charge in [-0.2, -0.15) is 0 Å². The lowest BCUT2D eigenvalue weighted by atomic mass is 9.88. The van der Waals surface area contributed by atoms with E-state index in [1.54, 1.807) is 47.6 Å². The number of carbonyl (C=O) groups is 4. The maximum absolute atomic E-state index is 12.6. The molecule has 0 saturated heterocycles. The molecule has 1 aromatic rings. The first-order valence-electron chi connectivity index (χ1n) is 12.0. The first kappa shape index (κ1) is 31.1. The Hall–Kier alpha value is -2.94. The predicted octanol–water partition coefficient (Wildman–Crippen LogP) is 3.98. The fourth-order valence-electron chi connectivity index (χ4n) is 2.90. The van der Waals surface area contributed by atoms with Gasteiger partial charge in [-0.3, -0.25) is 19.2 Å². The van der Waals surface area contributed by atoms with Crippen molar-refractivity contribution in [1.29, 1.82) is 0 Å². The lowest BCUT2D eigenvalue weighted by molar-refractivity contribution is -0.151. The zero-order valence-corrected chi connectivity index (χ0v) is 23.0. The van der Waals surface area contributed by atoms with Crippen molar-refractivity contribution in [3.63, 3.8) is 0 Å². The fourth-order valence-corrected chi connectivity index (χ4v) is 2.90. The van der Waals surface area contributed by atoms with Crippen molar-refractivity contribution in [3.05, 3.63) is 23.8 Å². The van der Waals surface area contributed by atoms with Gasteiger partial charge in [-0.25, -0.2) is 0 Å². The first-order valence-corrected chi connectivity index (χ1v) is 12.0. The summed E-state index contributed by atoms with van der Waals surface area (Å²) in [6.45, 7) is 13.9. The summed E-state index contributed by atoms with van der Waals surface area (Å²) in [5.74, 6) is -1.86. The second-order valence-corrected chi connectivity index (χ2v) is 11.5. The van der Waals surface area contributed by atoms with Crippen molar-refractivity contribution < 1.29 is 38.1 Å². The van der Waals surface area contributed by atoms with E-state index >= 15 is 0 Å². The molecule has 2 N–H and O–H groups in total. The number of hydrogen-bond acceptors (Lipinski definition) is 9. The van der Waals surface area contributed by atoms with E-state index in [4.69, 9.17) is 24.7 Å². The van der Waals surface area contributed by atoms with Crippen LogP contribution in [0, 0.1) is 16.7 Å². The normalized spacial score (nSPS) is 13.5. The summed E-state index contributed by atoms with van der Waals surface area (Å²) < 4.78 is 21.2. The molecule has 0 amide bonds. The molecule has 0 spiro atoms. The first-order chi connectivity index (χ1) is 16.4. The number of ether oxygens (including phenoxy) is 4. The van der Waals surface area contributed by atoms with Crippen LogP contribution in [-0.2, 0) is 35.1 Å². The zero-order valence-electron chi connectivity index (χ0n) is 23.0. The molecule has 0 bridgehead atoms. The molecule has 0 heterocycles. The molecule has 0 aliphatic carbocycles. The molecule has 1 rings (SSSR count). The Bertz CT molecular complexity index is 956. The molecule has 0 aliphatic heterocycles. The number of rotatable bonds is 10. The molecule has 0 saturated carbocycles. The van der Waals surface area contributed by atoms with Crippen LogP contribution < -0.4 is 15.2 Å². The maximum Gasteiger partial charge on any atom is 0.326 e. The van der Waals surface area contributed by atoms with Crippen molar-refractivity contribution >= 4 is 23.9 Å². The highest BCUT2D eigenvalue weighted by molar-refractivity contribution is 5.82. The van der Waals surface area contributed by atoms with Gasteiger partial charge in [0.25, 0.3) is 0 Å². The van der Waals surface area contributed by atoms with Crippen molar-refractivity contribution in [2.24, 2.45) is 22.5 Å². The number of methoxy groups -OCH3 is 1. The summed E-state index contributed by atoms with van der Waals surface area (Å²) in [5.41, 5.74) is 3.83. The van der Waals surface area contributed by atoms with Gasteiger partial charge in [-0.1, -0.05) is 19.9 Å². The Morgan fingerprint density at radius 2 is 1.39 bits per heavy atom. The second kappa shape index (κ2) is 12.3. The minimum absolute atomic E-state index is 0.00499. The average molecular weight is 508 g/mol. The monoisotopic (exact) mass is 507 g/mol. The van der Waals surface area contributed by atoms with Crippen molar-refractivity contribution in [3.8, 4) is 11.5 Å². The summed E-state index contributed by atoms with van der Waals surface area (Å²) in [7, 11) is 1.22. The molecule has 0 radical (unpaired) electrons. The fraction of sp³-hybridized carbons (Fsp3) is 0.630. The smallest absolute Gasteiger partial charge is 0.326 e. The van der Waals surface area contributed by atoms with Gasteiger partial charge in [-0.05, 0) is 65.2 Å². The topological polar surface area (TPSA) is 131 Å². The molecule has 1 atom stereocenters. The van der Waals surface area contributed by atoms with Gasteiger partial charge >= 0.3 is 23.9 Å². The third-order valence-electron chi connectivity index (χ3n) is 5.14. The summed E-state index contributed by atoms with van der Waals surface area (Å²) in [5, 5.41) is 0. The van der Waals surface area contributed by atoms with Gasteiger partial charge in [-0.15, -0.1) is 0 Å². The zero-order chi connectivity index (χ0) is 27.9. The lowest BCUT2D eigenvalue weighted by Crippen LogP contribution is -2.51. The van der Waals surface area contributed by atoms with E-state index in [1.807, 2.05) is 13.8 Å². The number of hydrogen-bond donors (Lipinski definition) is 1. The Labute approximate surface area is 214 Å². The largest absolute Gasteiger partial charge is 0.468 e. The molecule has 36 heavy (non-hydrogen) atoms.